The standard InChI is InChI=1S/C25H21N3O4S/c1-17-11-13-19(14-12-17)33(31,32)28-22-16-23(25(30)21-10-6-5-9-20(21)22)26-27-24(29)15-18-7-3-2-4-8-18/h2-14,16,28,30H,15H2,1H3. The lowest BCUT2D eigenvalue weighted by Gasteiger charge is -2.13. The average molecular weight is 460 g/mol. The van der Waals surface area contributed by atoms with Crippen molar-refractivity contribution in [2.45, 2.75) is 18.2 Å². The van der Waals surface area contributed by atoms with Crippen molar-refractivity contribution >= 4 is 38.1 Å². The summed E-state index contributed by atoms with van der Waals surface area (Å²) in [6, 6.07) is 23.7. The van der Waals surface area contributed by atoms with Crippen LogP contribution in [-0.4, -0.2) is 19.4 Å². The largest absolute Gasteiger partial charge is 0.505 e. The third-order valence-corrected chi connectivity index (χ3v) is 6.42. The molecule has 0 saturated heterocycles. The Balaban J connectivity index is 1.69. The number of carbonyl (C=O) groups is 1. The number of hydrogen-bond acceptors (Lipinski definition) is 5. The first-order valence-corrected chi connectivity index (χ1v) is 11.6. The van der Waals surface area contributed by atoms with Gasteiger partial charge in [0.15, 0.2) is 5.75 Å². The monoisotopic (exact) mass is 459 g/mol. The van der Waals surface area contributed by atoms with Crippen LogP contribution in [0.5, 0.6) is 5.75 Å². The van der Waals surface area contributed by atoms with E-state index in [2.05, 4.69) is 15.0 Å². The molecule has 0 spiro atoms. The molecule has 0 heterocycles. The molecule has 4 rings (SSSR count). The lowest BCUT2D eigenvalue weighted by Crippen LogP contribution is -2.13. The number of sulfonamides is 1. The summed E-state index contributed by atoms with van der Waals surface area (Å²) in [5.41, 5.74) is 1.92. The number of azo groups is 1. The van der Waals surface area contributed by atoms with E-state index in [4.69, 9.17) is 0 Å². The highest BCUT2D eigenvalue weighted by molar-refractivity contribution is 7.92. The fourth-order valence-electron chi connectivity index (χ4n) is 3.34. The van der Waals surface area contributed by atoms with Gasteiger partial charge in [-0.3, -0.25) is 9.52 Å². The van der Waals surface area contributed by atoms with Crippen LogP contribution in [0.3, 0.4) is 0 Å². The maximum Gasteiger partial charge on any atom is 0.269 e. The van der Waals surface area contributed by atoms with Crippen molar-refractivity contribution in [3.63, 3.8) is 0 Å². The Morgan fingerprint density at radius 2 is 1.55 bits per heavy atom. The second-order valence-corrected chi connectivity index (χ2v) is 9.19. The molecule has 4 aromatic carbocycles. The Kier molecular flexibility index (Phi) is 6.19. The zero-order valence-corrected chi connectivity index (χ0v) is 18.6. The number of aromatic hydroxyl groups is 1. The molecule has 8 heteroatoms. The number of nitrogens with one attached hydrogen (secondary N) is 1. The fourth-order valence-corrected chi connectivity index (χ4v) is 4.41. The maximum absolute atomic E-state index is 12.9. The zero-order chi connectivity index (χ0) is 23.4. The minimum atomic E-state index is -3.89. The van der Waals surface area contributed by atoms with Gasteiger partial charge in [-0.15, -0.1) is 10.2 Å². The predicted octanol–water partition coefficient (Wildman–Crippen LogP) is 5.51. The summed E-state index contributed by atoms with van der Waals surface area (Å²) in [5, 5.41) is 19.2. The summed E-state index contributed by atoms with van der Waals surface area (Å²) in [4.78, 5) is 12.3. The lowest BCUT2D eigenvalue weighted by atomic mass is 10.1. The van der Waals surface area contributed by atoms with E-state index in [0.717, 1.165) is 11.1 Å². The molecule has 2 N–H and O–H groups in total. The number of fused-ring (bicyclic) bond motifs is 1. The fraction of sp³-hybridized carbons (Fsp3) is 0.0800. The Labute approximate surface area is 191 Å². The molecule has 0 aliphatic heterocycles. The Hall–Kier alpha value is -4.04. The van der Waals surface area contributed by atoms with E-state index in [-0.39, 0.29) is 28.4 Å². The van der Waals surface area contributed by atoms with Crippen LogP contribution >= 0.6 is 0 Å². The highest BCUT2D eigenvalue weighted by atomic mass is 32.2. The van der Waals surface area contributed by atoms with Crippen molar-refractivity contribution in [1.82, 2.24) is 0 Å². The minimum absolute atomic E-state index is 0.0169. The Bertz CT molecular complexity index is 1450. The molecule has 0 radical (unpaired) electrons. The van der Waals surface area contributed by atoms with Crippen LogP contribution in [0.2, 0.25) is 0 Å². The van der Waals surface area contributed by atoms with Gasteiger partial charge in [-0.2, -0.15) is 0 Å². The molecule has 0 atom stereocenters. The average Bonchev–Trinajstić information content (AvgIpc) is 2.81. The molecular weight excluding hydrogens is 438 g/mol. The maximum atomic E-state index is 12.9. The molecule has 0 aromatic heterocycles. The van der Waals surface area contributed by atoms with Crippen LogP contribution in [0, 0.1) is 6.92 Å². The molecule has 0 bridgehead atoms. The molecule has 166 valence electrons. The lowest BCUT2D eigenvalue weighted by molar-refractivity contribution is -0.117. The van der Waals surface area contributed by atoms with Gasteiger partial charge in [-0.1, -0.05) is 72.3 Å². The molecule has 33 heavy (non-hydrogen) atoms. The van der Waals surface area contributed by atoms with Crippen LogP contribution in [0.15, 0.2) is 100 Å². The number of benzene rings is 4. The molecule has 0 fully saturated rings. The van der Waals surface area contributed by atoms with Crippen LogP contribution in [0.25, 0.3) is 10.8 Å². The Morgan fingerprint density at radius 1 is 0.909 bits per heavy atom. The van der Waals surface area contributed by atoms with Gasteiger partial charge in [0.1, 0.15) is 5.69 Å². The zero-order valence-electron chi connectivity index (χ0n) is 17.8. The van der Waals surface area contributed by atoms with Gasteiger partial charge >= 0.3 is 0 Å². The highest BCUT2D eigenvalue weighted by Crippen LogP contribution is 2.40. The van der Waals surface area contributed by atoms with Gasteiger partial charge in [0.05, 0.1) is 17.0 Å². The van der Waals surface area contributed by atoms with Gasteiger partial charge in [-0.05, 0) is 30.7 Å². The molecule has 4 aromatic rings. The van der Waals surface area contributed by atoms with Crippen molar-refractivity contribution in [1.29, 1.82) is 0 Å². The summed E-state index contributed by atoms with van der Waals surface area (Å²) < 4.78 is 28.4. The third kappa shape index (κ3) is 5.07. The van der Waals surface area contributed by atoms with Crippen LogP contribution in [0.4, 0.5) is 11.4 Å². The second kappa shape index (κ2) is 9.22. The highest BCUT2D eigenvalue weighted by Gasteiger charge is 2.18. The predicted molar refractivity (Wildman–Crippen MR) is 127 cm³/mol. The number of carbonyl (C=O) groups excluding carboxylic acids is 1. The van der Waals surface area contributed by atoms with Gasteiger partial charge in [0.25, 0.3) is 15.9 Å². The van der Waals surface area contributed by atoms with Crippen molar-refractivity contribution in [2.75, 3.05) is 4.72 Å². The van der Waals surface area contributed by atoms with E-state index in [1.54, 1.807) is 48.5 Å². The van der Waals surface area contributed by atoms with E-state index in [9.17, 15) is 18.3 Å². The summed E-state index contributed by atoms with van der Waals surface area (Å²) in [7, 11) is -3.89. The summed E-state index contributed by atoms with van der Waals surface area (Å²) in [6.45, 7) is 1.87. The van der Waals surface area contributed by atoms with E-state index >= 15 is 0 Å². The minimum Gasteiger partial charge on any atom is -0.505 e. The summed E-state index contributed by atoms with van der Waals surface area (Å²) in [6.07, 6.45) is 0.0611. The number of phenols is 1. The number of rotatable bonds is 6. The summed E-state index contributed by atoms with van der Waals surface area (Å²) in [5.74, 6) is -0.685. The molecule has 0 saturated carbocycles. The van der Waals surface area contributed by atoms with Crippen LogP contribution in [0.1, 0.15) is 11.1 Å². The number of amides is 1. The second-order valence-electron chi connectivity index (χ2n) is 7.51. The Morgan fingerprint density at radius 3 is 2.24 bits per heavy atom. The van der Waals surface area contributed by atoms with Crippen molar-refractivity contribution < 1.29 is 18.3 Å². The number of hydrogen-bond donors (Lipinski definition) is 2. The van der Waals surface area contributed by atoms with Crippen molar-refractivity contribution in [3.05, 3.63) is 96.1 Å². The SMILES string of the molecule is Cc1ccc(S(=O)(=O)Nc2cc(N=NC(=O)Cc3ccccc3)c(O)c3ccccc23)cc1. The molecule has 0 aliphatic rings. The van der Waals surface area contributed by atoms with Crippen molar-refractivity contribution in [3.8, 4) is 5.75 Å². The van der Waals surface area contributed by atoms with E-state index in [1.165, 1.54) is 18.2 Å². The van der Waals surface area contributed by atoms with Gasteiger partial charge in [0, 0.05) is 10.8 Å². The first-order valence-electron chi connectivity index (χ1n) is 10.2. The van der Waals surface area contributed by atoms with Crippen LogP contribution in [-0.2, 0) is 21.2 Å². The van der Waals surface area contributed by atoms with Gasteiger partial charge < -0.3 is 5.11 Å². The van der Waals surface area contributed by atoms with E-state index in [0.29, 0.717) is 10.8 Å². The molecule has 0 aliphatic carbocycles. The number of aryl methyl sites for hydroxylation is 1. The summed E-state index contributed by atoms with van der Waals surface area (Å²) >= 11 is 0. The molecular formula is C25H21N3O4S. The number of nitrogens with zero attached hydrogens (tertiary/aromatic N) is 2. The quantitative estimate of drug-likeness (QED) is 0.293. The van der Waals surface area contributed by atoms with Gasteiger partial charge in [0.2, 0.25) is 0 Å². The topological polar surface area (TPSA) is 108 Å². The normalized spacial score (nSPS) is 11.7. The van der Waals surface area contributed by atoms with E-state index in [1.807, 2.05) is 25.1 Å². The molecule has 1 amide bonds. The molecule has 7 nitrogen and oxygen atoms in total. The van der Waals surface area contributed by atoms with E-state index < -0.39 is 15.9 Å². The van der Waals surface area contributed by atoms with Crippen LogP contribution < -0.4 is 4.72 Å². The number of anilines is 1. The third-order valence-electron chi connectivity index (χ3n) is 5.04. The van der Waals surface area contributed by atoms with Gasteiger partial charge in [-0.25, -0.2) is 8.42 Å². The first kappa shape index (κ1) is 22.2. The smallest absolute Gasteiger partial charge is 0.269 e. The van der Waals surface area contributed by atoms with Crippen molar-refractivity contribution in [2.24, 2.45) is 10.2 Å². The first-order chi connectivity index (χ1) is 15.8. The number of phenolic OH excluding ortho intramolecular Hbond substituents is 1. The molecule has 0 unspecified atom stereocenters.